The molecule has 3 nitrogen and oxygen atoms in total. The second-order valence-corrected chi connectivity index (χ2v) is 5.71. The van der Waals surface area contributed by atoms with Gasteiger partial charge in [0.25, 0.3) is 0 Å². The maximum Gasteiger partial charge on any atom is 0.303 e. The van der Waals surface area contributed by atoms with E-state index in [-0.39, 0.29) is 6.42 Å². The molecule has 0 bridgehead atoms. The first kappa shape index (κ1) is 14.2. The van der Waals surface area contributed by atoms with E-state index in [4.69, 9.17) is 16.7 Å². The molecule has 0 spiro atoms. The summed E-state index contributed by atoms with van der Waals surface area (Å²) in [5.41, 5.74) is 0.880. The number of carbonyl (C=O) groups is 1. The smallest absolute Gasteiger partial charge is 0.303 e. The summed E-state index contributed by atoms with van der Waals surface area (Å²) >= 11 is 5.96. The third-order valence-electron chi connectivity index (χ3n) is 2.29. The Bertz CT molecular complexity index is 406. The van der Waals surface area contributed by atoms with Crippen LogP contribution in [-0.2, 0) is 21.3 Å². The van der Waals surface area contributed by atoms with Gasteiger partial charge in [0.15, 0.2) is 0 Å². The van der Waals surface area contributed by atoms with Crippen molar-refractivity contribution >= 4 is 28.4 Å². The molecule has 1 rings (SSSR count). The molecule has 0 amide bonds. The minimum atomic E-state index is -0.973. The SMILES string of the molecule is O=C(O)CCCCS(=O)Cc1ccccc1Cl. The quantitative estimate of drug-likeness (QED) is 0.778. The molecule has 0 fully saturated rings. The summed E-state index contributed by atoms with van der Waals surface area (Å²) in [4.78, 5) is 10.3. The van der Waals surface area contributed by atoms with Crippen LogP contribution in [-0.4, -0.2) is 21.0 Å². The molecule has 1 aromatic rings. The first-order chi connectivity index (χ1) is 8.09. The average molecular weight is 275 g/mol. The van der Waals surface area contributed by atoms with E-state index in [1.54, 1.807) is 6.07 Å². The number of aliphatic carboxylic acids is 1. The number of unbranched alkanes of at least 4 members (excludes halogenated alkanes) is 1. The normalized spacial score (nSPS) is 12.3. The molecular formula is C12H15ClO3S. The number of hydrogen-bond donors (Lipinski definition) is 1. The van der Waals surface area contributed by atoms with E-state index >= 15 is 0 Å². The van der Waals surface area contributed by atoms with Crippen LogP contribution in [0.5, 0.6) is 0 Å². The fourth-order valence-corrected chi connectivity index (χ4v) is 2.95. The molecule has 0 aliphatic carbocycles. The molecular weight excluding hydrogens is 260 g/mol. The van der Waals surface area contributed by atoms with Gasteiger partial charge in [-0.05, 0) is 24.5 Å². The predicted molar refractivity (Wildman–Crippen MR) is 69.7 cm³/mol. The van der Waals surface area contributed by atoms with Gasteiger partial charge in [-0.3, -0.25) is 9.00 Å². The lowest BCUT2D eigenvalue weighted by Crippen LogP contribution is -2.03. The average Bonchev–Trinajstić information content (AvgIpc) is 2.27. The maximum absolute atomic E-state index is 11.7. The van der Waals surface area contributed by atoms with Crippen molar-refractivity contribution in [1.82, 2.24) is 0 Å². The summed E-state index contributed by atoms with van der Waals surface area (Å²) in [6, 6.07) is 7.33. The van der Waals surface area contributed by atoms with Gasteiger partial charge in [0, 0.05) is 33.7 Å². The Morgan fingerprint density at radius 1 is 1.29 bits per heavy atom. The molecule has 1 atom stereocenters. The van der Waals surface area contributed by atoms with Crippen LogP contribution in [0.3, 0.4) is 0 Å². The van der Waals surface area contributed by atoms with Crippen LogP contribution in [0.15, 0.2) is 24.3 Å². The lowest BCUT2D eigenvalue weighted by molar-refractivity contribution is -0.137. The number of halogens is 1. The van der Waals surface area contributed by atoms with E-state index in [1.807, 2.05) is 18.2 Å². The lowest BCUT2D eigenvalue weighted by atomic mass is 10.2. The summed E-state index contributed by atoms with van der Waals surface area (Å²) < 4.78 is 11.7. The van der Waals surface area contributed by atoms with Crippen LogP contribution in [0.25, 0.3) is 0 Å². The fourth-order valence-electron chi connectivity index (χ4n) is 1.40. The third kappa shape index (κ3) is 5.84. The highest BCUT2D eigenvalue weighted by Crippen LogP contribution is 2.17. The predicted octanol–water partition coefficient (Wildman–Crippen LogP) is 2.84. The highest BCUT2D eigenvalue weighted by molar-refractivity contribution is 7.84. The Balaban J connectivity index is 2.30. The fraction of sp³-hybridized carbons (Fsp3) is 0.417. The second kappa shape index (κ2) is 7.45. The van der Waals surface area contributed by atoms with E-state index in [9.17, 15) is 9.00 Å². The molecule has 1 aromatic carbocycles. The van der Waals surface area contributed by atoms with E-state index in [1.165, 1.54) is 0 Å². The molecule has 0 heterocycles. The molecule has 0 aliphatic heterocycles. The van der Waals surface area contributed by atoms with Crippen LogP contribution in [0.1, 0.15) is 24.8 Å². The number of hydrogen-bond acceptors (Lipinski definition) is 2. The van der Waals surface area contributed by atoms with Gasteiger partial charge in [-0.25, -0.2) is 0 Å². The second-order valence-electron chi connectivity index (χ2n) is 3.73. The Morgan fingerprint density at radius 2 is 2.00 bits per heavy atom. The van der Waals surface area contributed by atoms with Gasteiger partial charge < -0.3 is 5.11 Å². The summed E-state index contributed by atoms with van der Waals surface area (Å²) in [5.74, 6) is 0.160. The zero-order chi connectivity index (χ0) is 12.7. The van der Waals surface area contributed by atoms with Crippen molar-refractivity contribution in [3.63, 3.8) is 0 Å². The van der Waals surface area contributed by atoms with Crippen LogP contribution >= 0.6 is 11.6 Å². The van der Waals surface area contributed by atoms with Gasteiger partial charge in [0.2, 0.25) is 0 Å². The zero-order valence-corrected chi connectivity index (χ0v) is 11.0. The molecule has 5 heteroatoms. The van der Waals surface area contributed by atoms with Crippen LogP contribution in [0.2, 0.25) is 5.02 Å². The highest BCUT2D eigenvalue weighted by Gasteiger charge is 2.05. The Labute approximate surface area is 108 Å². The number of rotatable bonds is 7. The molecule has 17 heavy (non-hydrogen) atoms. The van der Waals surface area contributed by atoms with Crippen molar-refractivity contribution in [3.8, 4) is 0 Å². The number of benzene rings is 1. The first-order valence-corrected chi connectivity index (χ1v) is 7.26. The van der Waals surface area contributed by atoms with Gasteiger partial charge in [-0.2, -0.15) is 0 Å². The number of carboxylic acid groups (broad SMARTS) is 1. The summed E-state index contributed by atoms with van der Waals surface area (Å²) in [7, 11) is -0.973. The molecule has 0 saturated heterocycles. The lowest BCUT2D eigenvalue weighted by Gasteiger charge is -2.04. The highest BCUT2D eigenvalue weighted by atomic mass is 35.5. The van der Waals surface area contributed by atoms with Crippen molar-refractivity contribution in [3.05, 3.63) is 34.9 Å². The topological polar surface area (TPSA) is 54.4 Å². The molecule has 94 valence electrons. The van der Waals surface area contributed by atoms with Crippen molar-refractivity contribution in [2.75, 3.05) is 5.75 Å². The van der Waals surface area contributed by atoms with Crippen LogP contribution < -0.4 is 0 Å². The van der Waals surface area contributed by atoms with Gasteiger partial charge in [0.05, 0.1) is 0 Å². The monoisotopic (exact) mass is 274 g/mol. The minimum absolute atomic E-state index is 0.142. The zero-order valence-electron chi connectivity index (χ0n) is 9.39. The Kier molecular flexibility index (Phi) is 6.22. The van der Waals surface area contributed by atoms with Gasteiger partial charge in [-0.15, -0.1) is 0 Å². The Morgan fingerprint density at radius 3 is 2.65 bits per heavy atom. The largest absolute Gasteiger partial charge is 0.481 e. The van der Waals surface area contributed by atoms with Gasteiger partial charge in [0.1, 0.15) is 0 Å². The maximum atomic E-state index is 11.7. The Hall–Kier alpha value is -0.870. The molecule has 0 saturated carbocycles. The van der Waals surface area contributed by atoms with Gasteiger partial charge in [-0.1, -0.05) is 29.8 Å². The molecule has 1 N–H and O–H groups in total. The minimum Gasteiger partial charge on any atom is -0.481 e. The van der Waals surface area contributed by atoms with E-state index in [0.29, 0.717) is 29.4 Å². The van der Waals surface area contributed by atoms with E-state index in [2.05, 4.69) is 0 Å². The standard InChI is InChI=1S/C12H15ClO3S/c13-11-6-2-1-5-10(11)9-17(16)8-4-3-7-12(14)15/h1-2,5-6H,3-4,7-9H2,(H,14,15). The summed E-state index contributed by atoms with van der Waals surface area (Å²) in [6.45, 7) is 0. The van der Waals surface area contributed by atoms with Crippen molar-refractivity contribution in [2.24, 2.45) is 0 Å². The van der Waals surface area contributed by atoms with Crippen molar-refractivity contribution in [2.45, 2.75) is 25.0 Å². The van der Waals surface area contributed by atoms with Crippen LogP contribution in [0.4, 0.5) is 0 Å². The molecule has 0 aliphatic rings. The molecule has 1 unspecified atom stereocenters. The molecule has 0 radical (unpaired) electrons. The first-order valence-electron chi connectivity index (χ1n) is 5.40. The third-order valence-corrected chi connectivity index (χ3v) is 4.03. The van der Waals surface area contributed by atoms with E-state index in [0.717, 1.165) is 5.56 Å². The van der Waals surface area contributed by atoms with Crippen molar-refractivity contribution in [1.29, 1.82) is 0 Å². The molecule has 0 aromatic heterocycles. The number of carboxylic acids is 1. The van der Waals surface area contributed by atoms with Crippen LogP contribution in [0, 0.1) is 0 Å². The van der Waals surface area contributed by atoms with E-state index < -0.39 is 16.8 Å². The van der Waals surface area contributed by atoms with Gasteiger partial charge >= 0.3 is 5.97 Å². The summed E-state index contributed by atoms with van der Waals surface area (Å²) in [5, 5.41) is 9.09. The summed E-state index contributed by atoms with van der Waals surface area (Å²) in [6.07, 6.45) is 1.39. The van der Waals surface area contributed by atoms with Crippen molar-refractivity contribution < 1.29 is 14.1 Å².